The number of carbonyl (C=O) groups excluding carboxylic acids is 2. The molecule has 0 aliphatic carbocycles. The van der Waals surface area contributed by atoms with Crippen LogP contribution in [-0.2, 0) is 21.5 Å². The summed E-state index contributed by atoms with van der Waals surface area (Å²) in [6, 6.07) is 9.06. The number of aromatic nitrogens is 3. The van der Waals surface area contributed by atoms with Crippen molar-refractivity contribution in [3.8, 4) is 11.3 Å². The molecule has 1 aromatic carbocycles. The number of piperidine rings is 3. The summed E-state index contributed by atoms with van der Waals surface area (Å²) in [5, 5.41) is 14.5. The minimum absolute atomic E-state index is 0.0648. The van der Waals surface area contributed by atoms with Gasteiger partial charge in [0, 0.05) is 38.4 Å². The third-order valence-corrected chi connectivity index (χ3v) is 7.18. The van der Waals surface area contributed by atoms with Gasteiger partial charge in [-0.15, -0.1) is 5.10 Å². The molecule has 3 fully saturated rings. The standard InChI is InChI=1S/C25H36N6O2/c1-17(32)26-10-11-27-24(33)22-15-30-12-9-19(22)13-21(30)14-31-16-23(28-29-31)18-5-7-20(8-6-18)25(2,3)4/h5-8,16,19,21-22H,9-15H2,1-4H3,(H,26,32)(H,27,33)/p+1/t19-,21+,22-/m0/s1. The van der Waals surface area contributed by atoms with E-state index in [1.807, 2.05) is 10.9 Å². The van der Waals surface area contributed by atoms with Gasteiger partial charge in [-0.2, -0.15) is 0 Å². The highest BCUT2D eigenvalue weighted by atomic mass is 16.2. The zero-order valence-electron chi connectivity index (χ0n) is 20.2. The van der Waals surface area contributed by atoms with E-state index in [0.29, 0.717) is 25.0 Å². The summed E-state index contributed by atoms with van der Waals surface area (Å²) in [5.74, 6) is 0.538. The molecule has 178 valence electrons. The Morgan fingerprint density at radius 2 is 1.88 bits per heavy atom. The summed E-state index contributed by atoms with van der Waals surface area (Å²) < 4.78 is 1.97. The second-order valence-corrected chi connectivity index (χ2v) is 10.6. The smallest absolute Gasteiger partial charge is 0.229 e. The summed E-state index contributed by atoms with van der Waals surface area (Å²) >= 11 is 0. The van der Waals surface area contributed by atoms with E-state index in [9.17, 15) is 9.59 Å². The third kappa shape index (κ3) is 5.61. The Hall–Kier alpha value is -2.74. The molecule has 0 saturated carbocycles. The van der Waals surface area contributed by atoms with Gasteiger partial charge in [-0.3, -0.25) is 9.59 Å². The summed E-state index contributed by atoms with van der Waals surface area (Å²) in [6.07, 6.45) is 4.17. The van der Waals surface area contributed by atoms with Crippen molar-refractivity contribution >= 4 is 11.8 Å². The molecule has 1 unspecified atom stereocenters. The number of carbonyl (C=O) groups is 2. The molecule has 8 heteroatoms. The van der Waals surface area contributed by atoms with Crippen LogP contribution in [0.25, 0.3) is 11.3 Å². The fourth-order valence-corrected chi connectivity index (χ4v) is 5.26. The molecule has 2 bridgehead atoms. The topological polar surface area (TPSA) is 93.3 Å². The van der Waals surface area contributed by atoms with E-state index in [2.05, 4.69) is 66.0 Å². The van der Waals surface area contributed by atoms with Crippen molar-refractivity contribution in [2.45, 2.75) is 58.5 Å². The zero-order valence-corrected chi connectivity index (χ0v) is 20.2. The Morgan fingerprint density at radius 3 is 2.52 bits per heavy atom. The molecule has 1 aromatic heterocycles. The van der Waals surface area contributed by atoms with E-state index in [4.69, 9.17) is 0 Å². The van der Waals surface area contributed by atoms with Crippen LogP contribution < -0.4 is 15.5 Å². The van der Waals surface area contributed by atoms with Crippen molar-refractivity contribution in [3.05, 3.63) is 36.0 Å². The number of amides is 2. The van der Waals surface area contributed by atoms with Crippen LogP contribution in [0.4, 0.5) is 0 Å². The monoisotopic (exact) mass is 453 g/mol. The van der Waals surface area contributed by atoms with Crippen LogP contribution in [0, 0.1) is 11.8 Å². The van der Waals surface area contributed by atoms with Crippen LogP contribution in [0.5, 0.6) is 0 Å². The van der Waals surface area contributed by atoms with Crippen molar-refractivity contribution in [3.63, 3.8) is 0 Å². The van der Waals surface area contributed by atoms with Gasteiger partial charge in [0.05, 0.1) is 31.7 Å². The summed E-state index contributed by atoms with van der Waals surface area (Å²) in [7, 11) is 0. The summed E-state index contributed by atoms with van der Waals surface area (Å²) in [4.78, 5) is 25.1. The molecular formula is C25H37N6O2+. The molecule has 2 aromatic rings. The Kier molecular flexibility index (Phi) is 6.83. The van der Waals surface area contributed by atoms with Crippen LogP contribution in [0.2, 0.25) is 0 Å². The van der Waals surface area contributed by atoms with Gasteiger partial charge in [-0.05, 0) is 16.9 Å². The number of benzene rings is 1. The molecule has 2 amide bonds. The maximum absolute atomic E-state index is 12.7. The molecule has 8 nitrogen and oxygen atoms in total. The predicted octanol–water partition coefficient (Wildman–Crippen LogP) is 0.788. The first-order valence-corrected chi connectivity index (χ1v) is 12.1. The van der Waals surface area contributed by atoms with Gasteiger partial charge >= 0.3 is 0 Å². The van der Waals surface area contributed by atoms with Gasteiger partial charge in [0.25, 0.3) is 0 Å². The van der Waals surface area contributed by atoms with Crippen LogP contribution in [0.3, 0.4) is 0 Å². The Bertz CT molecular complexity index is 978. The minimum Gasteiger partial charge on any atom is -0.355 e. The molecule has 0 spiro atoms. The lowest BCUT2D eigenvalue weighted by Crippen LogP contribution is -3.20. The number of quaternary nitrogens is 1. The molecule has 0 radical (unpaired) electrons. The zero-order chi connectivity index (χ0) is 23.6. The van der Waals surface area contributed by atoms with E-state index in [-0.39, 0.29) is 23.1 Å². The van der Waals surface area contributed by atoms with E-state index >= 15 is 0 Å². The van der Waals surface area contributed by atoms with Crippen LogP contribution in [-0.4, -0.2) is 59.0 Å². The number of nitrogens with zero attached hydrogens (tertiary/aromatic N) is 3. The van der Waals surface area contributed by atoms with Crippen molar-refractivity contribution in [1.82, 2.24) is 25.6 Å². The number of fused-ring (bicyclic) bond motifs is 3. The minimum atomic E-state index is -0.0717. The van der Waals surface area contributed by atoms with Crippen molar-refractivity contribution < 1.29 is 14.5 Å². The van der Waals surface area contributed by atoms with Gasteiger partial charge in [0.1, 0.15) is 11.7 Å². The van der Waals surface area contributed by atoms with Crippen molar-refractivity contribution in [1.29, 1.82) is 0 Å². The predicted molar refractivity (Wildman–Crippen MR) is 127 cm³/mol. The fourth-order valence-electron chi connectivity index (χ4n) is 5.26. The molecular weight excluding hydrogens is 416 g/mol. The largest absolute Gasteiger partial charge is 0.355 e. The molecule has 4 heterocycles. The van der Waals surface area contributed by atoms with E-state index in [0.717, 1.165) is 43.7 Å². The quantitative estimate of drug-likeness (QED) is 0.541. The number of hydrogen-bond donors (Lipinski definition) is 3. The fraction of sp³-hybridized carbons (Fsp3) is 0.600. The summed E-state index contributed by atoms with van der Waals surface area (Å²) in [5.41, 5.74) is 3.43. The highest BCUT2D eigenvalue weighted by Gasteiger charge is 2.46. The van der Waals surface area contributed by atoms with Crippen LogP contribution in [0.15, 0.2) is 30.5 Å². The van der Waals surface area contributed by atoms with E-state index in [1.165, 1.54) is 17.4 Å². The maximum Gasteiger partial charge on any atom is 0.229 e. The van der Waals surface area contributed by atoms with E-state index < -0.39 is 0 Å². The van der Waals surface area contributed by atoms with Crippen LogP contribution >= 0.6 is 0 Å². The maximum atomic E-state index is 12.7. The average Bonchev–Trinajstić information content (AvgIpc) is 3.25. The van der Waals surface area contributed by atoms with Gasteiger partial charge in [-0.25, -0.2) is 4.68 Å². The molecule has 3 aliphatic rings. The van der Waals surface area contributed by atoms with Gasteiger partial charge < -0.3 is 15.5 Å². The highest BCUT2D eigenvalue weighted by molar-refractivity contribution is 5.79. The first-order chi connectivity index (χ1) is 15.7. The average molecular weight is 454 g/mol. The molecule has 33 heavy (non-hydrogen) atoms. The normalized spacial score (nSPS) is 24.5. The first kappa shape index (κ1) is 23.4. The lowest BCUT2D eigenvalue weighted by atomic mass is 9.75. The Morgan fingerprint density at radius 1 is 1.15 bits per heavy atom. The third-order valence-electron chi connectivity index (χ3n) is 7.18. The lowest BCUT2D eigenvalue weighted by Gasteiger charge is -2.46. The number of rotatable bonds is 7. The van der Waals surface area contributed by atoms with Crippen molar-refractivity contribution in [2.24, 2.45) is 11.8 Å². The first-order valence-electron chi connectivity index (χ1n) is 12.1. The molecule has 5 rings (SSSR count). The van der Waals surface area contributed by atoms with Gasteiger partial charge in [0.2, 0.25) is 11.8 Å². The lowest BCUT2D eigenvalue weighted by molar-refractivity contribution is -0.945. The van der Waals surface area contributed by atoms with Gasteiger partial charge in [-0.1, -0.05) is 50.3 Å². The van der Waals surface area contributed by atoms with Crippen molar-refractivity contribution in [2.75, 3.05) is 26.2 Å². The molecule has 3 saturated heterocycles. The second-order valence-electron chi connectivity index (χ2n) is 10.6. The number of hydrogen-bond acceptors (Lipinski definition) is 4. The second kappa shape index (κ2) is 9.63. The highest BCUT2D eigenvalue weighted by Crippen LogP contribution is 2.28. The van der Waals surface area contributed by atoms with Crippen LogP contribution in [0.1, 0.15) is 46.1 Å². The molecule has 3 N–H and O–H groups in total. The van der Waals surface area contributed by atoms with E-state index in [1.54, 1.807) is 0 Å². The Labute approximate surface area is 196 Å². The molecule has 4 atom stereocenters. The number of nitrogens with one attached hydrogen (secondary N) is 3. The molecule has 3 aliphatic heterocycles. The Balaban J connectivity index is 1.32. The summed E-state index contributed by atoms with van der Waals surface area (Å²) in [6.45, 7) is 11.9. The SMILES string of the molecule is CC(=O)NCCNC(=O)[C@H]1C[NH+]2CC[C@H]1C[C@@H]2Cn1cc(-c2ccc(C(C)(C)C)cc2)nn1. The van der Waals surface area contributed by atoms with Gasteiger partial charge in [0.15, 0.2) is 0 Å².